The van der Waals surface area contributed by atoms with E-state index in [0.29, 0.717) is 12.4 Å². The number of hydrogen-bond donors (Lipinski definition) is 0. The maximum absolute atomic E-state index is 5.83. The Morgan fingerprint density at radius 2 is 1.95 bits per heavy atom. The van der Waals surface area contributed by atoms with E-state index in [0.717, 1.165) is 16.5 Å². The summed E-state index contributed by atoms with van der Waals surface area (Å²) in [6.45, 7) is 4.49. The summed E-state index contributed by atoms with van der Waals surface area (Å²) >= 11 is 9.25. The van der Waals surface area contributed by atoms with Crippen molar-refractivity contribution in [1.29, 1.82) is 0 Å². The fraction of sp³-hybridized carbons (Fsp3) is 0.308. The molecule has 0 saturated heterocycles. The lowest BCUT2D eigenvalue weighted by atomic mass is 10.2. The molecule has 2 rings (SSSR count). The molecule has 0 aliphatic carbocycles. The summed E-state index contributed by atoms with van der Waals surface area (Å²) in [4.78, 5) is 11.9. The first-order chi connectivity index (χ1) is 9.58. The van der Waals surface area contributed by atoms with E-state index < -0.39 is 0 Å². The minimum absolute atomic E-state index is 0.0318. The summed E-state index contributed by atoms with van der Waals surface area (Å²) in [5.41, 5.74) is 1.12. The Labute approximate surface area is 130 Å². The summed E-state index contributed by atoms with van der Waals surface area (Å²) in [5, 5.41) is 0.0318. The fourth-order valence-electron chi connectivity index (χ4n) is 1.41. The molecule has 0 aliphatic heterocycles. The first-order valence-corrected chi connectivity index (χ1v) is 7.24. The van der Waals surface area contributed by atoms with E-state index in [-0.39, 0.29) is 17.3 Å². The Balaban J connectivity index is 2.21. The van der Waals surface area contributed by atoms with Gasteiger partial charge in [0, 0.05) is 0 Å². The van der Waals surface area contributed by atoms with Gasteiger partial charge in [0.2, 0.25) is 5.28 Å². The molecular weight excluding hydrogens is 346 g/mol. The summed E-state index contributed by atoms with van der Waals surface area (Å²) < 4.78 is 11.7. The first-order valence-electron chi connectivity index (χ1n) is 6.07. The van der Waals surface area contributed by atoms with Crippen LogP contribution in [0.15, 0.2) is 22.7 Å². The second-order valence-corrected chi connectivity index (χ2v) is 5.25. The lowest BCUT2D eigenvalue weighted by Gasteiger charge is -2.08. The smallest absolute Gasteiger partial charge is 0.329 e. The van der Waals surface area contributed by atoms with E-state index in [1.165, 1.54) is 0 Å². The van der Waals surface area contributed by atoms with Crippen LogP contribution in [0.4, 0.5) is 0 Å². The lowest BCUT2D eigenvalue weighted by molar-refractivity contribution is 0.284. The Bertz CT molecular complexity index is 610. The molecule has 0 aliphatic rings. The number of hydrogen-bond acceptors (Lipinski definition) is 5. The SMILES string of the molecule is CCCOc1nc(Cl)nc(Oc2ccc(C)cc2Br)n1. The van der Waals surface area contributed by atoms with E-state index >= 15 is 0 Å². The summed E-state index contributed by atoms with van der Waals surface area (Å²) in [7, 11) is 0. The van der Waals surface area contributed by atoms with Gasteiger partial charge >= 0.3 is 12.0 Å². The summed E-state index contributed by atoms with van der Waals surface area (Å²) in [6, 6.07) is 5.94. The largest absolute Gasteiger partial charge is 0.463 e. The normalized spacial score (nSPS) is 10.4. The fourth-order valence-corrected chi connectivity index (χ4v) is 2.12. The molecule has 0 spiro atoms. The van der Waals surface area contributed by atoms with Crippen molar-refractivity contribution in [3.63, 3.8) is 0 Å². The predicted octanol–water partition coefficient (Wildman–Crippen LogP) is 4.18. The monoisotopic (exact) mass is 357 g/mol. The second kappa shape index (κ2) is 6.85. The number of benzene rings is 1. The average molecular weight is 359 g/mol. The van der Waals surface area contributed by atoms with Gasteiger partial charge in [0.25, 0.3) is 0 Å². The highest BCUT2D eigenvalue weighted by molar-refractivity contribution is 9.10. The first kappa shape index (κ1) is 15.0. The highest BCUT2D eigenvalue weighted by atomic mass is 79.9. The maximum atomic E-state index is 5.83. The number of aryl methyl sites for hydroxylation is 1. The van der Waals surface area contributed by atoms with Gasteiger partial charge in [0.15, 0.2) is 0 Å². The second-order valence-electron chi connectivity index (χ2n) is 4.05. The van der Waals surface area contributed by atoms with E-state index in [2.05, 4.69) is 30.9 Å². The Morgan fingerprint density at radius 3 is 2.65 bits per heavy atom. The molecule has 0 bridgehead atoms. The molecule has 0 unspecified atom stereocenters. The van der Waals surface area contributed by atoms with E-state index in [1.54, 1.807) is 0 Å². The molecule has 2 aromatic rings. The molecule has 0 radical (unpaired) electrons. The van der Waals surface area contributed by atoms with Crippen molar-refractivity contribution >= 4 is 27.5 Å². The average Bonchev–Trinajstić information content (AvgIpc) is 2.39. The third-order valence-corrected chi connectivity index (χ3v) is 3.08. The van der Waals surface area contributed by atoms with Crippen LogP contribution in [0.5, 0.6) is 17.8 Å². The van der Waals surface area contributed by atoms with Crippen LogP contribution in [0.2, 0.25) is 5.28 Å². The maximum Gasteiger partial charge on any atom is 0.329 e. The van der Waals surface area contributed by atoms with Crippen molar-refractivity contribution in [2.24, 2.45) is 0 Å². The van der Waals surface area contributed by atoms with Gasteiger partial charge in [0.1, 0.15) is 5.75 Å². The van der Waals surface area contributed by atoms with E-state index in [1.807, 2.05) is 32.0 Å². The Hall–Kier alpha value is -1.40. The molecule has 7 heteroatoms. The number of ether oxygens (including phenoxy) is 2. The highest BCUT2D eigenvalue weighted by Crippen LogP contribution is 2.29. The number of aromatic nitrogens is 3. The van der Waals surface area contributed by atoms with Gasteiger partial charge in [-0.1, -0.05) is 13.0 Å². The van der Waals surface area contributed by atoms with Crippen molar-refractivity contribution in [3.8, 4) is 17.8 Å². The molecule has 0 fully saturated rings. The van der Waals surface area contributed by atoms with Gasteiger partial charge in [0.05, 0.1) is 11.1 Å². The van der Waals surface area contributed by atoms with Crippen LogP contribution in [0.3, 0.4) is 0 Å². The van der Waals surface area contributed by atoms with Crippen molar-refractivity contribution in [3.05, 3.63) is 33.5 Å². The van der Waals surface area contributed by atoms with Gasteiger partial charge < -0.3 is 9.47 Å². The Morgan fingerprint density at radius 1 is 1.20 bits per heavy atom. The molecule has 20 heavy (non-hydrogen) atoms. The van der Waals surface area contributed by atoms with Gasteiger partial charge in [-0.3, -0.25) is 0 Å². The van der Waals surface area contributed by atoms with Crippen molar-refractivity contribution < 1.29 is 9.47 Å². The quantitative estimate of drug-likeness (QED) is 0.802. The number of nitrogens with zero attached hydrogens (tertiary/aromatic N) is 3. The molecule has 0 N–H and O–H groups in total. The van der Waals surface area contributed by atoms with Crippen molar-refractivity contribution in [2.75, 3.05) is 6.61 Å². The van der Waals surface area contributed by atoms with Crippen LogP contribution in [-0.2, 0) is 0 Å². The molecular formula is C13H13BrClN3O2. The van der Waals surface area contributed by atoms with Crippen molar-refractivity contribution in [2.45, 2.75) is 20.3 Å². The topological polar surface area (TPSA) is 57.1 Å². The molecule has 1 heterocycles. The molecule has 106 valence electrons. The Kier molecular flexibility index (Phi) is 5.14. The highest BCUT2D eigenvalue weighted by Gasteiger charge is 2.10. The standard InChI is InChI=1S/C13H13BrClN3O2/c1-3-6-19-12-16-11(15)17-13(18-12)20-10-5-4-8(2)7-9(10)14/h4-5,7H,3,6H2,1-2H3. The zero-order valence-corrected chi connectivity index (χ0v) is 13.4. The van der Waals surface area contributed by atoms with Gasteiger partial charge in [-0.15, -0.1) is 4.98 Å². The summed E-state index contributed by atoms with van der Waals surface area (Å²) in [5.74, 6) is 0.597. The van der Waals surface area contributed by atoms with Crippen LogP contribution in [-0.4, -0.2) is 21.6 Å². The molecule has 1 aromatic heterocycles. The number of rotatable bonds is 5. The van der Waals surface area contributed by atoms with Crippen LogP contribution in [0, 0.1) is 6.92 Å². The minimum atomic E-state index is 0.0318. The summed E-state index contributed by atoms with van der Waals surface area (Å²) in [6.07, 6.45) is 0.850. The molecule has 0 amide bonds. The van der Waals surface area contributed by atoms with Gasteiger partial charge in [-0.25, -0.2) is 0 Å². The van der Waals surface area contributed by atoms with Crippen molar-refractivity contribution in [1.82, 2.24) is 15.0 Å². The molecule has 0 atom stereocenters. The van der Waals surface area contributed by atoms with E-state index in [9.17, 15) is 0 Å². The number of halogens is 2. The molecule has 1 aromatic carbocycles. The van der Waals surface area contributed by atoms with Crippen LogP contribution in [0.1, 0.15) is 18.9 Å². The van der Waals surface area contributed by atoms with Crippen LogP contribution < -0.4 is 9.47 Å². The third-order valence-electron chi connectivity index (χ3n) is 2.29. The zero-order chi connectivity index (χ0) is 14.5. The van der Waals surface area contributed by atoms with Gasteiger partial charge in [-0.2, -0.15) is 9.97 Å². The lowest BCUT2D eigenvalue weighted by Crippen LogP contribution is -2.03. The van der Waals surface area contributed by atoms with E-state index in [4.69, 9.17) is 21.1 Å². The van der Waals surface area contributed by atoms with Gasteiger partial charge in [-0.05, 0) is 58.6 Å². The predicted molar refractivity (Wildman–Crippen MR) is 79.6 cm³/mol. The molecule has 5 nitrogen and oxygen atoms in total. The third kappa shape index (κ3) is 4.05. The van der Waals surface area contributed by atoms with Crippen LogP contribution in [0.25, 0.3) is 0 Å². The zero-order valence-electron chi connectivity index (χ0n) is 11.1. The minimum Gasteiger partial charge on any atom is -0.463 e. The molecule has 0 saturated carbocycles. The van der Waals surface area contributed by atoms with Crippen LogP contribution >= 0.6 is 27.5 Å².